The van der Waals surface area contributed by atoms with Crippen LogP contribution in [0.3, 0.4) is 0 Å². The van der Waals surface area contributed by atoms with Crippen LogP contribution in [0.2, 0.25) is 0 Å². The summed E-state index contributed by atoms with van der Waals surface area (Å²) in [4.78, 5) is 0. The van der Waals surface area contributed by atoms with E-state index < -0.39 is 12.2 Å². The van der Waals surface area contributed by atoms with Crippen LogP contribution in [0.15, 0.2) is 18.2 Å². The molecule has 1 atom stereocenters. The fourth-order valence-electron chi connectivity index (χ4n) is 1.89. The third-order valence-electron chi connectivity index (χ3n) is 2.76. The molecule has 106 valence electrons. The molecule has 0 aliphatic carbocycles. The Morgan fingerprint density at radius 2 is 2.14 bits per heavy atom. The van der Waals surface area contributed by atoms with Crippen LogP contribution >= 0.6 is 0 Å². The van der Waals surface area contributed by atoms with Gasteiger partial charge in [0, 0.05) is 6.92 Å². The van der Waals surface area contributed by atoms with Crippen molar-refractivity contribution in [2.45, 2.75) is 20.2 Å². The van der Waals surface area contributed by atoms with Gasteiger partial charge in [-0.3, -0.25) is 0 Å². The average Bonchev–Trinajstić information content (AvgIpc) is 2.73. The lowest BCUT2D eigenvalue weighted by atomic mass is 10.2. The Labute approximate surface area is 120 Å². The maximum atomic E-state index is 13.5. The molecular formula is C15H11F2N3O. The summed E-state index contributed by atoms with van der Waals surface area (Å²) >= 11 is 0. The van der Waals surface area contributed by atoms with E-state index in [9.17, 15) is 8.78 Å². The molecular weight excluding hydrogens is 276 g/mol. The van der Waals surface area contributed by atoms with E-state index in [-0.39, 0.29) is 17.0 Å². The summed E-state index contributed by atoms with van der Waals surface area (Å²) in [6.45, 7) is 2.85. The molecule has 2 aromatic rings. The third-order valence-corrected chi connectivity index (χ3v) is 2.76. The molecule has 0 saturated carbocycles. The van der Waals surface area contributed by atoms with E-state index in [0.29, 0.717) is 11.4 Å². The molecule has 1 heterocycles. The van der Waals surface area contributed by atoms with Crippen molar-refractivity contribution in [1.29, 1.82) is 5.26 Å². The van der Waals surface area contributed by atoms with Crippen molar-refractivity contribution in [3.63, 3.8) is 0 Å². The fourth-order valence-corrected chi connectivity index (χ4v) is 1.89. The molecule has 0 aliphatic rings. The van der Waals surface area contributed by atoms with E-state index in [1.54, 1.807) is 6.92 Å². The topological polar surface area (TPSA) is 50.8 Å². The van der Waals surface area contributed by atoms with Gasteiger partial charge in [-0.15, -0.1) is 11.5 Å². The van der Waals surface area contributed by atoms with Crippen molar-refractivity contribution in [1.82, 2.24) is 9.78 Å². The average molecular weight is 287 g/mol. The van der Waals surface area contributed by atoms with Crippen LogP contribution in [0.5, 0.6) is 5.88 Å². The van der Waals surface area contributed by atoms with Crippen LogP contribution in [-0.2, 0) is 0 Å². The Balaban J connectivity index is 2.60. The number of nitrogens with zero attached hydrogens (tertiary/aromatic N) is 3. The van der Waals surface area contributed by atoms with Crippen LogP contribution in [0.4, 0.5) is 8.78 Å². The summed E-state index contributed by atoms with van der Waals surface area (Å²) in [5.74, 6) is 1.74. The maximum absolute atomic E-state index is 13.5. The predicted octanol–water partition coefficient (Wildman–Crippen LogP) is 2.87. The van der Waals surface area contributed by atoms with Crippen LogP contribution in [0.25, 0.3) is 5.69 Å². The Morgan fingerprint density at radius 3 is 2.71 bits per heavy atom. The highest BCUT2D eigenvalue weighted by Crippen LogP contribution is 2.25. The molecule has 0 amide bonds. The third kappa shape index (κ3) is 2.85. The van der Waals surface area contributed by atoms with Crippen molar-refractivity contribution in [3.8, 4) is 30.0 Å². The number of nitriles is 1. The number of aromatic nitrogens is 2. The Bertz CT molecular complexity index is 766. The lowest BCUT2D eigenvalue weighted by Gasteiger charge is -2.05. The van der Waals surface area contributed by atoms with Gasteiger partial charge in [-0.05, 0) is 25.1 Å². The molecule has 2 rings (SSSR count). The minimum atomic E-state index is -1.58. The van der Waals surface area contributed by atoms with Gasteiger partial charge in [-0.1, -0.05) is 5.92 Å². The number of ether oxygens (including phenoxy) is 1. The SMILES string of the molecule is C#Cc1c(OC(C)F)nn(-c2cc(F)cc(C#N)c2)c1C. The second-order valence-electron chi connectivity index (χ2n) is 4.29. The number of halogens is 2. The number of terminal acetylenes is 1. The molecule has 4 nitrogen and oxygen atoms in total. The smallest absolute Gasteiger partial charge is 0.252 e. The van der Waals surface area contributed by atoms with E-state index in [1.165, 1.54) is 23.7 Å². The number of hydrogen-bond acceptors (Lipinski definition) is 3. The summed E-state index contributed by atoms with van der Waals surface area (Å²) in [5.41, 5.74) is 1.22. The van der Waals surface area contributed by atoms with Gasteiger partial charge >= 0.3 is 0 Å². The van der Waals surface area contributed by atoms with Gasteiger partial charge in [-0.2, -0.15) is 5.26 Å². The molecule has 1 aromatic heterocycles. The van der Waals surface area contributed by atoms with Crippen LogP contribution < -0.4 is 4.74 Å². The van der Waals surface area contributed by atoms with Crippen molar-refractivity contribution >= 4 is 0 Å². The monoisotopic (exact) mass is 287 g/mol. The Morgan fingerprint density at radius 1 is 1.43 bits per heavy atom. The minimum absolute atomic E-state index is 0.0484. The lowest BCUT2D eigenvalue weighted by Crippen LogP contribution is -2.06. The molecule has 0 saturated heterocycles. The number of rotatable bonds is 3. The van der Waals surface area contributed by atoms with Crippen molar-refractivity contribution in [3.05, 3.63) is 40.8 Å². The zero-order chi connectivity index (χ0) is 15.6. The van der Waals surface area contributed by atoms with Gasteiger partial charge in [0.2, 0.25) is 6.36 Å². The minimum Gasteiger partial charge on any atom is -0.441 e. The lowest BCUT2D eigenvalue weighted by molar-refractivity contribution is 0.0802. The van der Waals surface area contributed by atoms with Gasteiger partial charge in [0.25, 0.3) is 5.88 Å². The van der Waals surface area contributed by atoms with Crippen molar-refractivity contribution < 1.29 is 13.5 Å². The van der Waals surface area contributed by atoms with Crippen LogP contribution in [0, 0.1) is 36.4 Å². The molecule has 21 heavy (non-hydrogen) atoms. The first-order chi connectivity index (χ1) is 9.96. The summed E-state index contributed by atoms with van der Waals surface area (Å²) in [7, 11) is 0. The van der Waals surface area contributed by atoms with Gasteiger partial charge in [0.05, 0.1) is 23.0 Å². The molecule has 6 heteroatoms. The molecule has 0 radical (unpaired) electrons. The highest BCUT2D eigenvalue weighted by molar-refractivity contribution is 5.49. The highest BCUT2D eigenvalue weighted by atomic mass is 19.1. The first kappa shape index (κ1) is 14.5. The molecule has 1 aromatic carbocycles. The predicted molar refractivity (Wildman–Crippen MR) is 72.1 cm³/mol. The molecule has 0 aliphatic heterocycles. The standard InChI is InChI=1S/C15H11F2N3O/c1-4-14-9(2)20(19-15(14)21-10(3)16)13-6-11(8-18)5-12(17)7-13/h1,5-7,10H,2-3H3. The van der Waals surface area contributed by atoms with Gasteiger partial charge in [-0.25, -0.2) is 13.5 Å². The van der Waals surface area contributed by atoms with E-state index in [2.05, 4.69) is 11.0 Å². The number of benzene rings is 1. The van der Waals surface area contributed by atoms with E-state index >= 15 is 0 Å². The van der Waals surface area contributed by atoms with Crippen molar-refractivity contribution in [2.75, 3.05) is 0 Å². The molecule has 1 unspecified atom stereocenters. The van der Waals surface area contributed by atoms with Gasteiger partial charge in [0.1, 0.15) is 11.4 Å². The molecule has 0 fully saturated rings. The molecule has 0 spiro atoms. The fraction of sp³-hybridized carbons (Fsp3) is 0.200. The van der Waals surface area contributed by atoms with E-state index in [4.69, 9.17) is 16.4 Å². The van der Waals surface area contributed by atoms with Crippen LogP contribution in [-0.4, -0.2) is 16.1 Å². The first-order valence-corrected chi connectivity index (χ1v) is 6.04. The zero-order valence-electron chi connectivity index (χ0n) is 11.4. The summed E-state index contributed by atoms with van der Waals surface area (Å²) in [6.07, 6.45) is 3.79. The first-order valence-electron chi connectivity index (χ1n) is 6.04. The maximum Gasteiger partial charge on any atom is 0.252 e. The second-order valence-corrected chi connectivity index (χ2v) is 4.29. The summed E-state index contributed by atoms with van der Waals surface area (Å²) < 4.78 is 32.7. The highest BCUT2D eigenvalue weighted by Gasteiger charge is 2.18. The largest absolute Gasteiger partial charge is 0.441 e. The van der Waals surface area contributed by atoms with E-state index in [0.717, 1.165) is 6.07 Å². The normalized spacial score (nSPS) is 11.5. The number of hydrogen-bond donors (Lipinski definition) is 0. The second kappa shape index (κ2) is 5.64. The quantitative estimate of drug-likeness (QED) is 0.816. The van der Waals surface area contributed by atoms with Crippen LogP contribution in [0.1, 0.15) is 23.7 Å². The molecule has 0 bridgehead atoms. The zero-order valence-corrected chi connectivity index (χ0v) is 11.4. The molecule has 0 N–H and O–H groups in total. The Hall–Kier alpha value is -2.86. The number of alkyl halides is 1. The van der Waals surface area contributed by atoms with Gasteiger partial charge in [0.15, 0.2) is 0 Å². The summed E-state index contributed by atoms with van der Waals surface area (Å²) in [6, 6.07) is 5.60. The van der Waals surface area contributed by atoms with Crippen molar-refractivity contribution in [2.24, 2.45) is 0 Å². The van der Waals surface area contributed by atoms with E-state index in [1.807, 2.05) is 6.07 Å². The Kier molecular flexibility index (Phi) is 3.91. The summed E-state index contributed by atoms with van der Waals surface area (Å²) in [5, 5.41) is 12.9. The van der Waals surface area contributed by atoms with Gasteiger partial charge < -0.3 is 4.74 Å².